The van der Waals surface area contributed by atoms with Crippen LogP contribution >= 0.6 is 12.6 Å². The van der Waals surface area contributed by atoms with E-state index >= 15 is 0 Å². The molecule has 0 unspecified atom stereocenters. The second-order valence-corrected chi connectivity index (χ2v) is 4.22. The van der Waals surface area contributed by atoms with Crippen molar-refractivity contribution in [2.75, 3.05) is 26.1 Å². The van der Waals surface area contributed by atoms with Gasteiger partial charge in [-0.05, 0) is 24.0 Å². The molecule has 0 aliphatic heterocycles. The van der Waals surface area contributed by atoms with Crippen molar-refractivity contribution in [2.24, 2.45) is 5.41 Å². The minimum Gasteiger partial charge on any atom is -0.466 e. The van der Waals surface area contributed by atoms with E-state index in [-0.39, 0.29) is 11.4 Å². The summed E-state index contributed by atoms with van der Waals surface area (Å²) in [5.74, 6) is 0.702. The van der Waals surface area contributed by atoms with Crippen molar-refractivity contribution >= 4 is 18.6 Å². The van der Waals surface area contributed by atoms with E-state index in [0.29, 0.717) is 19.6 Å². The predicted octanol–water partition coefficient (Wildman–Crippen LogP) is 1.67. The van der Waals surface area contributed by atoms with Crippen LogP contribution < -0.4 is 0 Å². The number of carbonyl (C=O) groups is 1. The lowest BCUT2D eigenvalue weighted by atomic mass is 10.1. The number of ether oxygens (including phenoxy) is 2. The SMILES string of the molecule is COCCCOC(=O)CC1(CS)CC1. The summed E-state index contributed by atoms with van der Waals surface area (Å²) in [5.41, 5.74) is 0.168. The standard InChI is InChI=1S/C10H18O3S/c1-12-5-2-6-13-9(11)7-10(8-14)3-4-10/h14H,2-8H2,1H3. The molecule has 3 nitrogen and oxygen atoms in total. The van der Waals surface area contributed by atoms with Crippen LogP contribution in [0.25, 0.3) is 0 Å². The van der Waals surface area contributed by atoms with E-state index in [0.717, 1.165) is 25.0 Å². The van der Waals surface area contributed by atoms with Crippen LogP contribution in [0.4, 0.5) is 0 Å². The van der Waals surface area contributed by atoms with Crippen LogP contribution in [0.5, 0.6) is 0 Å². The van der Waals surface area contributed by atoms with Crippen LogP contribution in [0.2, 0.25) is 0 Å². The Balaban J connectivity index is 2.04. The van der Waals surface area contributed by atoms with Gasteiger partial charge in [0.25, 0.3) is 0 Å². The van der Waals surface area contributed by atoms with Gasteiger partial charge in [0.15, 0.2) is 0 Å². The average molecular weight is 218 g/mol. The Labute approximate surface area is 90.6 Å². The average Bonchev–Trinajstić information content (AvgIpc) is 2.93. The van der Waals surface area contributed by atoms with Gasteiger partial charge in [0.05, 0.1) is 13.0 Å². The second kappa shape index (κ2) is 5.61. The molecule has 0 aromatic carbocycles. The zero-order chi connectivity index (χ0) is 10.4. The third-order valence-electron chi connectivity index (χ3n) is 2.57. The molecule has 1 saturated carbocycles. The highest BCUT2D eigenvalue weighted by Crippen LogP contribution is 2.49. The molecule has 0 heterocycles. The Kier molecular flexibility index (Phi) is 4.75. The van der Waals surface area contributed by atoms with Crippen molar-refractivity contribution < 1.29 is 14.3 Å². The largest absolute Gasteiger partial charge is 0.466 e. The van der Waals surface area contributed by atoms with Crippen LogP contribution in [0, 0.1) is 5.41 Å². The van der Waals surface area contributed by atoms with Crippen LogP contribution in [-0.2, 0) is 14.3 Å². The summed E-state index contributed by atoms with van der Waals surface area (Å²) in [5, 5.41) is 0. The van der Waals surface area contributed by atoms with Gasteiger partial charge in [0, 0.05) is 20.1 Å². The van der Waals surface area contributed by atoms with Gasteiger partial charge in [-0.1, -0.05) is 0 Å². The number of thiol groups is 1. The summed E-state index contributed by atoms with van der Waals surface area (Å²) in [6.07, 6.45) is 3.53. The fourth-order valence-electron chi connectivity index (χ4n) is 1.31. The minimum atomic E-state index is -0.0901. The minimum absolute atomic E-state index is 0.0901. The molecule has 0 aromatic heterocycles. The topological polar surface area (TPSA) is 35.5 Å². The monoisotopic (exact) mass is 218 g/mol. The van der Waals surface area contributed by atoms with Gasteiger partial charge in [0.1, 0.15) is 0 Å². The predicted molar refractivity (Wildman–Crippen MR) is 57.6 cm³/mol. The number of methoxy groups -OCH3 is 1. The van der Waals surface area contributed by atoms with Crippen molar-refractivity contribution in [3.05, 3.63) is 0 Å². The maximum Gasteiger partial charge on any atom is 0.306 e. The Morgan fingerprint density at radius 3 is 2.64 bits per heavy atom. The van der Waals surface area contributed by atoms with Gasteiger partial charge in [-0.2, -0.15) is 12.6 Å². The van der Waals surface area contributed by atoms with Crippen LogP contribution in [0.1, 0.15) is 25.7 Å². The summed E-state index contributed by atoms with van der Waals surface area (Å²) < 4.78 is 9.92. The van der Waals surface area contributed by atoms with Gasteiger partial charge in [-0.15, -0.1) is 0 Å². The summed E-state index contributed by atoms with van der Waals surface area (Å²) in [4.78, 5) is 11.3. The molecule has 0 N–H and O–H groups in total. The molecule has 0 bridgehead atoms. The number of carbonyl (C=O) groups excluding carboxylic acids is 1. The normalized spacial score (nSPS) is 17.9. The molecule has 1 aliphatic carbocycles. The highest BCUT2D eigenvalue weighted by atomic mass is 32.1. The van der Waals surface area contributed by atoms with E-state index in [1.807, 2.05) is 0 Å². The highest BCUT2D eigenvalue weighted by Gasteiger charge is 2.43. The Morgan fingerprint density at radius 1 is 1.43 bits per heavy atom. The molecule has 0 saturated heterocycles. The van der Waals surface area contributed by atoms with E-state index in [1.165, 1.54) is 0 Å². The van der Waals surface area contributed by atoms with E-state index in [1.54, 1.807) is 7.11 Å². The van der Waals surface area contributed by atoms with Crippen LogP contribution in [0.3, 0.4) is 0 Å². The first-order valence-corrected chi connectivity index (χ1v) is 5.61. The van der Waals surface area contributed by atoms with Gasteiger partial charge in [-0.3, -0.25) is 4.79 Å². The summed E-state index contributed by atoms with van der Waals surface area (Å²) in [7, 11) is 1.64. The van der Waals surface area contributed by atoms with Gasteiger partial charge in [0.2, 0.25) is 0 Å². The lowest BCUT2D eigenvalue weighted by Crippen LogP contribution is -2.14. The van der Waals surface area contributed by atoms with Crippen molar-refractivity contribution in [2.45, 2.75) is 25.7 Å². The van der Waals surface area contributed by atoms with E-state index in [9.17, 15) is 4.79 Å². The molecule has 0 spiro atoms. The maximum absolute atomic E-state index is 11.3. The molecule has 1 fully saturated rings. The van der Waals surface area contributed by atoms with Gasteiger partial charge in [-0.25, -0.2) is 0 Å². The Bertz CT molecular complexity index is 190. The molecule has 82 valence electrons. The lowest BCUT2D eigenvalue weighted by Gasteiger charge is -2.10. The van der Waals surface area contributed by atoms with E-state index in [4.69, 9.17) is 9.47 Å². The second-order valence-electron chi connectivity index (χ2n) is 3.90. The first-order chi connectivity index (χ1) is 6.72. The van der Waals surface area contributed by atoms with Crippen LogP contribution in [-0.4, -0.2) is 32.0 Å². The first kappa shape index (κ1) is 11.9. The summed E-state index contributed by atoms with van der Waals surface area (Å²) >= 11 is 4.24. The lowest BCUT2D eigenvalue weighted by molar-refractivity contribution is -0.145. The summed E-state index contributed by atoms with van der Waals surface area (Å²) in [6.45, 7) is 1.11. The van der Waals surface area contributed by atoms with Crippen LogP contribution in [0.15, 0.2) is 0 Å². The smallest absolute Gasteiger partial charge is 0.306 e. The Morgan fingerprint density at radius 2 is 2.14 bits per heavy atom. The number of hydrogen-bond donors (Lipinski definition) is 1. The number of hydrogen-bond acceptors (Lipinski definition) is 4. The molecule has 0 radical (unpaired) electrons. The molecule has 1 aliphatic rings. The molecular formula is C10H18O3S. The number of esters is 1. The molecule has 0 aromatic rings. The molecule has 0 amide bonds. The van der Waals surface area contributed by atoms with E-state index < -0.39 is 0 Å². The van der Waals surface area contributed by atoms with E-state index in [2.05, 4.69) is 12.6 Å². The van der Waals surface area contributed by atoms with Gasteiger partial charge < -0.3 is 9.47 Å². The molecule has 14 heavy (non-hydrogen) atoms. The zero-order valence-corrected chi connectivity index (χ0v) is 9.52. The van der Waals surface area contributed by atoms with Gasteiger partial charge >= 0.3 is 5.97 Å². The van der Waals surface area contributed by atoms with Crippen molar-refractivity contribution in [3.63, 3.8) is 0 Å². The zero-order valence-electron chi connectivity index (χ0n) is 8.62. The fourth-order valence-corrected chi connectivity index (χ4v) is 1.74. The molecule has 4 heteroatoms. The van der Waals surface area contributed by atoms with Crippen molar-refractivity contribution in [3.8, 4) is 0 Å². The quantitative estimate of drug-likeness (QED) is 0.401. The van der Waals surface area contributed by atoms with Crippen molar-refractivity contribution in [1.82, 2.24) is 0 Å². The molecular weight excluding hydrogens is 200 g/mol. The maximum atomic E-state index is 11.3. The third kappa shape index (κ3) is 3.88. The number of rotatable bonds is 7. The summed E-state index contributed by atoms with van der Waals surface area (Å²) in [6, 6.07) is 0. The fraction of sp³-hybridized carbons (Fsp3) is 0.900. The van der Waals surface area contributed by atoms with Crippen molar-refractivity contribution in [1.29, 1.82) is 0 Å². The molecule has 1 rings (SSSR count). The highest BCUT2D eigenvalue weighted by molar-refractivity contribution is 7.80. The first-order valence-electron chi connectivity index (χ1n) is 4.98. The third-order valence-corrected chi connectivity index (χ3v) is 3.24. The molecule has 0 atom stereocenters. The Hall–Kier alpha value is -0.220.